The monoisotopic (exact) mass is 335 g/mol. The van der Waals surface area contributed by atoms with E-state index < -0.39 is 12.0 Å². The summed E-state index contributed by atoms with van der Waals surface area (Å²) in [6, 6.07) is 6.24. The van der Waals surface area contributed by atoms with Crippen LogP contribution in [0, 0.1) is 0 Å². The molecule has 0 aliphatic rings. The highest BCUT2D eigenvalue weighted by Gasteiger charge is 2.16. The van der Waals surface area contributed by atoms with Crippen LogP contribution in [0.2, 0.25) is 5.02 Å². The molecule has 0 radical (unpaired) electrons. The molecule has 0 aliphatic carbocycles. The van der Waals surface area contributed by atoms with Crippen molar-refractivity contribution >= 4 is 22.5 Å². The van der Waals surface area contributed by atoms with E-state index in [1.54, 1.807) is 18.2 Å². The van der Waals surface area contributed by atoms with Crippen molar-refractivity contribution in [1.82, 2.24) is 14.5 Å². The molecule has 0 unspecified atom stereocenters. The number of rotatable bonds is 3. The summed E-state index contributed by atoms with van der Waals surface area (Å²) in [7, 11) is 0. The smallest absolute Gasteiger partial charge is 0.267 e. The number of benzene rings is 1. The number of aryl methyl sites for hydroxylation is 1. The average Bonchev–Trinajstić information content (AvgIpc) is 2.54. The second-order valence-corrected chi connectivity index (χ2v) is 5.34. The minimum atomic E-state index is -2.67. The third-order valence-corrected chi connectivity index (χ3v) is 3.80. The van der Waals surface area contributed by atoms with Gasteiger partial charge in [0.1, 0.15) is 5.82 Å². The Bertz CT molecular complexity index is 940. The number of halogens is 3. The van der Waals surface area contributed by atoms with Gasteiger partial charge >= 0.3 is 0 Å². The molecule has 0 amide bonds. The fourth-order valence-electron chi connectivity index (χ4n) is 2.43. The van der Waals surface area contributed by atoms with Crippen LogP contribution in [0.15, 0.2) is 41.5 Å². The molecule has 0 bridgehead atoms. The maximum atomic E-state index is 12.9. The molecule has 3 rings (SSSR count). The van der Waals surface area contributed by atoms with Gasteiger partial charge < -0.3 is 0 Å². The molecule has 4 nitrogen and oxygen atoms in total. The Balaban J connectivity index is 2.37. The molecule has 23 heavy (non-hydrogen) atoms. The minimum Gasteiger partial charge on any atom is -0.268 e. The first-order valence-corrected chi connectivity index (χ1v) is 7.34. The molecule has 2 heterocycles. The summed E-state index contributed by atoms with van der Waals surface area (Å²) in [5, 5.41) is 0.531. The van der Waals surface area contributed by atoms with Gasteiger partial charge in [0.25, 0.3) is 12.0 Å². The largest absolute Gasteiger partial charge is 0.268 e. The molecule has 118 valence electrons. The Morgan fingerprint density at radius 1 is 1.30 bits per heavy atom. The summed E-state index contributed by atoms with van der Waals surface area (Å²) in [5.41, 5.74) is 0.0777. The molecule has 0 atom stereocenters. The minimum absolute atomic E-state index is 0.249. The van der Waals surface area contributed by atoms with Crippen molar-refractivity contribution in [2.75, 3.05) is 0 Å². The zero-order valence-electron chi connectivity index (χ0n) is 12.1. The summed E-state index contributed by atoms with van der Waals surface area (Å²) < 4.78 is 27.1. The Labute approximate surface area is 135 Å². The van der Waals surface area contributed by atoms with Crippen LogP contribution in [0.4, 0.5) is 8.78 Å². The molecule has 0 saturated carbocycles. The predicted molar refractivity (Wildman–Crippen MR) is 84.5 cm³/mol. The lowest BCUT2D eigenvalue weighted by atomic mass is 10.2. The molecule has 0 fully saturated rings. The average molecular weight is 336 g/mol. The fourth-order valence-corrected chi connectivity index (χ4v) is 2.68. The van der Waals surface area contributed by atoms with E-state index in [0.717, 1.165) is 6.20 Å². The third kappa shape index (κ3) is 2.70. The predicted octanol–water partition coefficient (Wildman–Crippen LogP) is 3.93. The molecule has 0 N–H and O–H groups in total. The van der Waals surface area contributed by atoms with Crippen molar-refractivity contribution in [3.63, 3.8) is 0 Å². The van der Waals surface area contributed by atoms with E-state index in [1.807, 2.05) is 6.92 Å². The van der Waals surface area contributed by atoms with Crippen LogP contribution in [-0.2, 0) is 6.42 Å². The van der Waals surface area contributed by atoms with Gasteiger partial charge in [-0.25, -0.2) is 13.8 Å². The molecule has 7 heteroatoms. The van der Waals surface area contributed by atoms with Gasteiger partial charge in [0.05, 0.1) is 27.8 Å². The van der Waals surface area contributed by atoms with Crippen LogP contribution in [-0.4, -0.2) is 14.5 Å². The standard InChI is InChI=1S/C16H12ClF2N3O/c1-2-13-21-12-5-3-4-11(17)14(12)16(23)22(13)10-6-9(15(18)19)7-20-8-10/h3-8,15H,2H2,1H3. The van der Waals surface area contributed by atoms with Crippen LogP contribution < -0.4 is 5.56 Å². The number of nitrogens with zero attached hydrogens (tertiary/aromatic N) is 3. The molecular weight excluding hydrogens is 324 g/mol. The van der Waals surface area contributed by atoms with E-state index in [2.05, 4.69) is 9.97 Å². The normalized spacial score (nSPS) is 11.3. The van der Waals surface area contributed by atoms with Gasteiger partial charge in [-0.2, -0.15) is 0 Å². The summed E-state index contributed by atoms with van der Waals surface area (Å²) in [6.07, 6.45) is 0.222. The highest BCUT2D eigenvalue weighted by atomic mass is 35.5. The maximum absolute atomic E-state index is 12.9. The van der Waals surface area contributed by atoms with E-state index in [4.69, 9.17) is 11.6 Å². The number of hydrogen-bond donors (Lipinski definition) is 0. The topological polar surface area (TPSA) is 47.8 Å². The summed E-state index contributed by atoms with van der Waals surface area (Å²) in [5.74, 6) is 0.456. The summed E-state index contributed by atoms with van der Waals surface area (Å²) >= 11 is 6.11. The zero-order chi connectivity index (χ0) is 16.6. The second-order valence-electron chi connectivity index (χ2n) is 4.93. The van der Waals surface area contributed by atoms with E-state index in [-0.39, 0.29) is 21.7 Å². The number of fused-ring (bicyclic) bond motifs is 1. The van der Waals surface area contributed by atoms with E-state index in [0.29, 0.717) is 17.8 Å². The van der Waals surface area contributed by atoms with Crippen LogP contribution in [0.25, 0.3) is 16.6 Å². The molecular formula is C16H12ClF2N3O. The molecule has 0 saturated heterocycles. The van der Waals surface area contributed by atoms with Crippen molar-refractivity contribution in [2.24, 2.45) is 0 Å². The highest BCUT2D eigenvalue weighted by Crippen LogP contribution is 2.23. The summed E-state index contributed by atoms with van der Waals surface area (Å²) in [6.45, 7) is 1.83. The highest BCUT2D eigenvalue weighted by molar-refractivity contribution is 6.35. The van der Waals surface area contributed by atoms with E-state index in [1.165, 1.54) is 16.8 Å². The van der Waals surface area contributed by atoms with E-state index in [9.17, 15) is 13.6 Å². The lowest BCUT2D eigenvalue weighted by Gasteiger charge is -2.13. The van der Waals surface area contributed by atoms with Gasteiger partial charge in [-0.1, -0.05) is 24.6 Å². The number of pyridine rings is 1. The van der Waals surface area contributed by atoms with Crippen LogP contribution in [0.1, 0.15) is 24.7 Å². The SMILES string of the molecule is CCc1nc2cccc(Cl)c2c(=O)n1-c1cncc(C(F)F)c1. The molecule has 0 aliphatic heterocycles. The van der Waals surface area contributed by atoms with Crippen molar-refractivity contribution in [3.8, 4) is 5.69 Å². The molecule has 3 aromatic rings. The number of aromatic nitrogens is 3. The second kappa shape index (κ2) is 6.04. The van der Waals surface area contributed by atoms with Crippen LogP contribution in [0.3, 0.4) is 0 Å². The van der Waals surface area contributed by atoms with E-state index >= 15 is 0 Å². The van der Waals surface area contributed by atoms with Gasteiger partial charge in [-0.15, -0.1) is 0 Å². The van der Waals surface area contributed by atoms with Crippen LogP contribution in [0.5, 0.6) is 0 Å². The summed E-state index contributed by atoms with van der Waals surface area (Å²) in [4.78, 5) is 21.1. The lowest BCUT2D eigenvalue weighted by Crippen LogP contribution is -2.24. The van der Waals surface area contributed by atoms with Gasteiger partial charge in [0, 0.05) is 18.2 Å². The van der Waals surface area contributed by atoms with Crippen LogP contribution >= 0.6 is 11.6 Å². The van der Waals surface area contributed by atoms with Gasteiger partial charge in [0.2, 0.25) is 0 Å². The molecule has 1 aromatic carbocycles. The van der Waals surface area contributed by atoms with Gasteiger partial charge in [-0.3, -0.25) is 14.3 Å². The first kappa shape index (κ1) is 15.6. The quantitative estimate of drug-likeness (QED) is 0.728. The zero-order valence-corrected chi connectivity index (χ0v) is 12.9. The van der Waals surface area contributed by atoms with Gasteiger partial charge in [0.15, 0.2) is 0 Å². The lowest BCUT2D eigenvalue weighted by molar-refractivity contribution is 0.151. The molecule has 0 spiro atoms. The van der Waals surface area contributed by atoms with Crippen molar-refractivity contribution in [3.05, 3.63) is 63.4 Å². The molecule has 2 aromatic heterocycles. The van der Waals surface area contributed by atoms with Crippen molar-refractivity contribution in [2.45, 2.75) is 19.8 Å². The number of hydrogen-bond acceptors (Lipinski definition) is 3. The van der Waals surface area contributed by atoms with Crippen molar-refractivity contribution in [1.29, 1.82) is 0 Å². The Hall–Kier alpha value is -2.34. The Kier molecular flexibility index (Phi) is 4.09. The maximum Gasteiger partial charge on any atom is 0.267 e. The van der Waals surface area contributed by atoms with Gasteiger partial charge in [-0.05, 0) is 18.2 Å². The van der Waals surface area contributed by atoms with Crippen molar-refractivity contribution < 1.29 is 8.78 Å². The Morgan fingerprint density at radius 2 is 2.09 bits per heavy atom. The first-order valence-electron chi connectivity index (χ1n) is 6.96. The Morgan fingerprint density at radius 3 is 2.78 bits per heavy atom. The third-order valence-electron chi connectivity index (χ3n) is 3.49. The number of alkyl halides is 2. The fraction of sp³-hybridized carbons (Fsp3) is 0.188. The first-order chi connectivity index (χ1) is 11.0.